The molecule has 114 valence electrons. The number of halogens is 1. The first kappa shape index (κ1) is 13.9. The third kappa shape index (κ3) is 2.59. The smallest absolute Gasteiger partial charge is 0.149 e. The summed E-state index contributed by atoms with van der Waals surface area (Å²) in [4.78, 5) is 4.15. The number of anilines is 1. The Morgan fingerprint density at radius 2 is 2.00 bits per heavy atom. The molecule has 3 aromatic rings. The van der Waals surface area contributed by atoms with Crippen molar-refractivity contribution in [3.63, 3.8) is 0 Å². The molecule has 0 fully saturated rings. The minimum absolute atomic E-state index is 0.280. The second-order valence-corrected chi connectivity index (χ2v) is 5.84. The Morgan fingerprint density at radius 1 is 1.09 bits per heavy atom. The van der Waals surface area contributed by atoms with Crippen LogP contribution in [0.25, 0.3) is 17.0 Å². The van der Waals surface area contributed by atoms with E-state index in [1.165, 1.54) is 17.2 Å². The Hall–Kier alpha value is -2.68. The van der Waals surface area contributed by atoms with Gasteiger partial charge in [0.25, 0.3) is 0 Å². The molecule has 0 saturated carbocycles. The normalized spacial score (nSPS) is 16.3. The van der Waals surface area contributed by atoms with Gasteiger partial charge in [0, 0.05) is 29.7 Å². The average molecular weight is 304 g/mol. The fourth-order valence-electron chi connectivity index (χ4n) is 3.24. The number of rotatable bonds is 3. The van der Waals surface area contributed by atoms with Crippen LogP contribution in [0.15, 0.2) is 60.8 Å². The van der Waals surface area contributed by atoms with E-state index in [1.807, 2.05) is 12.1 Å². The Labute approximate surface area is 134 Å². The van der Waals surface area contributed by atoms with E-state index in [4.69, 9.17) is 0 Å². The number of fused-ring (bicyclic) bond motifs is 2. The van der Waals surface area contributed by atoms with Crippen LogP contribution in [0.1, 0.15) is 23.5 Å². The molecular formula is C20H17FN2. The first-order valence-electron chi connectivity index (χ1n) is 7.85. The van der Waals surface area contributed by atoms with Gasteiger partial charge in [-0.25, -0.2) is 4.39 Å². The van der Waals surface area contributed by atoms with Crippen molar-refractivity contribution in [2.75, 3.05) is 11.9 Å². The van der Waals surface area contributed by atoms with Crippen molar-refractivity contribution in [2.24, 2.45) is 0 Å². The minimum atomic E-state index is -0.280. The van der Waals surface area contributed by atoms with Gasteiger partial charge in [0.1, 0.15) is 11.3 Å². The second kappa shape index (κ2) is 5.84. The van der Waals surface area contributed by atoms with Crippen LogP contribution < -0.4 is 5.32 Å². The topological polar surface area (TPSA) is 24.9 Å². The molecule has 1 aliphatic carbocycles. The lowest BCUT2D eigenvalue weighted by molar-refractivity contribution is 0.637. The van der Waals surface area contributed by atoms with Crippen molar-refractivity contribution in [1.29, 1.82) is 0 Å². The SMILES string of the molecule is Fc1cccc2c(NCC3CC=Cc4ccccc43)ccnc12. The molecule has 1 N–H and O–H groups in total. The van der Waals surface area contributed by atoms with Crippen LogP contribution in [0.2, 0.25) is 0 Å². The van der Waals surface area contributed by atoms with Gasteiger partial charge in [0.05, 0.1) is 0 Å². The Kier molecular flexibility index (Phi) is 3.54. The average Bonchev–Trinajstić information content (AvgIpc) is 2.60. The van der Waals surface area contributed by atoms with Crippen LogP contribution in [0.4, 0.5) is 10.1 Å². The highest BCUT2D eigenvalue weighted by Gasteiger charge is 2.16. The maximum absolute atomic E-state index is 13.9. The monoisotopic (exact) mass is 304 g/mol. The van der Waals surface area contributed by atoms with E-state index in [1.54, 1.807) is 12.3 Å². The van der Waals surface area contributed by atoms with Gasteiger partial charge in [-0.05, 0) is 29.7 Å². The molecule has 0 aliphatic heterocycles. The molecule has 0 bridgehead atoms. The predicted octanol–water partition coefficient (Wildman–Crippen LogP) is 4.99. The number of allylic oxidation sites excluding steroid dienone is 1. The van der Waals surface area contributed by atoms with Gasteiger partial charge in [0.15, 0.2) is 0 Å². The van der Waals surface area contributed by atoms with Crippen molar-refractivity contribution in [3.05, 3.63) is 77.7 Å². The highest BCUT2D eigenvalue weighted by atomic mass is 19.1. The van der Waals surface area contributed by atoms with Crippen molar-refractivity contribution in [3.8, 4) is 0 Å². The van der Waals surface area contributed by atoms with Crippen LogP contribution in [-0.4, -0.2) is 11.5 Å². The standard InChI is InChI=1S/C20H17FN2/c21-18-10-4-9-17-19(11-12-22-20(17)18)23-13-15-7-3-6-14-5-1-2-8-16(14)15/h1-6,8-12,15H,7,13H2,(H,22,23). The molecule has 0 saturated heterocycles. The molecule has 1 unspecified atom stereocenters. The van der Waals surface area contributed by atoms with Crippen molar-refractivity contribution < 1.29 is 4.39 Å². The molecule has 0 radical (unpaired) electrons. The number of para-hydroxylation sites is 1. The number of hydrogen-bond donors (Lipinski definition) is 1. The number of hydrogen-bond acceptors (Lipinski definition) is 2. The lowest BCUT2D eigenvalue weighted by Gasteiger charge is -2.23. The predicted molar refractivity (Wildman–Crippen MR) is 93.0 cm³/mol. The Balaban J connectivity index is 1.61. The van der Waals surface area contributed by atoms with Crippen molar-refractivity contribution in [2.45, 2.75) is 12.3 Å². The van der Waals surface area contributed by atoms with Crippen LogP contribution in [-0.2, 0) is 0 Å². The zero-order valence-electron chi connectivity index (χ0n) is 12.7. The third-order valence-electron chi connectivity index (χ3n) is 4.41. The van der Waals surface area contributed by atoms with E-state index in [0.717, 1.165) is 24.0 Å². The summed E-state index contributed by atoms with van der Waals surface area (Å²) in [6, 6.07) is 15.5. The Morgan fingerprint density at radius 3 is 2.96 bits per heavy atom. The van der Waals surface area contributed by atoms with Gasteiger partial charge in [-0.3, -0.25) is 4.98 Å². The van der Waals surface area contributed by atoms with Gasteiger partial charge >= 0.3 is 0 Å². The number of pyridine rings is 1. The summed E-state index contributed by atoms with van der Waals surface area (Å²) in [6.45, 7) is 0.816. The molecule has 1 aliphatic rings. The summed E-state index contributed by atoms with van der Waals surface area (Å²) in [7, 11) is 0. The van der Waals surface area contributed by atoms with E-state index in [2.05, 4.69) is 46.7 Å². The molecule has 0 spiro atoms. The first-order valence-corrected chi connectivity index (χ1v) is 7.85. The Bertz CT molecular complexity index is 886. The van der Waals surface area contributed by atoms with Crippen molar-refractivity contribution >= 4 is 22.7 Å². The number of aromatic nitrogens is 1. The van der Waals surface area contributed by atoms with E-state index in [9.17, 15) is 4.39 Å². The molecule has 4 rings (SSSR count). The fraction of sp³-hybridized carbons (Fsp3) is 0.150. The summed E-state index contributed by atoms with van der Waals surface area (Å²) in [6.07, 6.45) is 7.08. The highest BCUT2D eigenvalue weighted by molar-refractivity contribution is 5.91. The molecule has 1 heterocycles. The molecule has 1 aromatic heterocycles. The van der Waals surface area contributed by atoms with E-state index in [0.29, 0.717) is 11.4 Å². The summed E-state index contributed by atoms with van der Waals surface area (Å²) in [5.41, 5.74) is 4.01. The quantitative estimate of drug-likeness (QED) is 0.737. The summed E-state index contributed by atoms with van der Waals surface area (Å²) >= 11 is 0. The zero-order valence-corrected chi connectivity index (χ0v) is 12.7. The minimum Gasteiger partial charge on any atom is -0.384 e. The molecule has 3 heteroatoms. The van der Waals surface area contributed by atoms with E-state index >= 15 is 0 Å². The third-order valence-corrected chi connectivity index (χ3v) is 4.41. The first-order chi connectivity index (χ1) is 11.3. The summed E-state index contributed by atoms with van der Waals surface area (Å²) in [5.74, 6) is 0.144. The zero-order chi connectivity index (χ0) is 15.6. The number of nitrogens with zero attached hydrogens (tertiary/aromatic N) is 1. The highest BCUT2D eigenvalue weighted by Crippen LogP contribution is 2.31. The van der Waals surface area contributed by atoms with Crippen LogP contribution in [0.3, 0.4) is 0 Å². The lowest BCUT2D eigenvalue weighted by atomic mass is 9.87. The molecule has 2 aromatic carbocycles. The maximum atomic E-state index is 13.9. The molecule has 23 heavy (non-hydrogen) atoms. The fourth-order valence-corrected chi connectivity index (χ4v) is 3.24. The van der Waals surface area contributed by atoms with Gasteiger partial charge in [-0.1, -0.05) is 48.6 Å². The maximum Gasteiger partial charge on any atom is 0.149 e. The second-order valence-electron chi connectivity index (χ2n) is 5.84. The van der Waals surface area contributed by atoms with Crippen LogP contribution >= 0.6 is 0 Å². The van der Waals surface area contributed by atoms with Gasteiger partial charge < -0.3 is 5.32 Å². The van der Waals surface area contributed by atoms with E-state index in [-0.39, 0.29) is 5.82 Å². The lowest BCUT2D eigenvalue weighted by Crippen LogP contribution is -2.15. The van der Waals surface area contributed by atoms with Crippen molar-refractivity contribution in [1.82, 2.24) is 4.98 Å². The molecule has 2 nitrogen and oxygen atoms in total. The van der Waals surface area contributed by atoms with E-state index < -0.39 is 0 Å². The van der Waals surface area contributed by atoms with Gasteiger partial charge in [0.2, 0.25) is 0 Å². The molecule has 1 atom stereocenters. The summed E-state index contributed by atoms with van der Waals surface area (Å²) < 4.78 is 13.9. The number of nitrogens with one attached hydrogen (secondary N) is 1. The number of benzene rings is 2. The van der Waals surface area contributed by atoms with Crippen LogP contribution in [0.5, 0.6) is 0 Å². The summed E-state index contributed by atoms with van der Waals surface area (Å²) in [5, 5.41) is 4.31. The molecular weight excluding hydrogens is 287 g/mol. The van der Waals surface area contributed by atoms with Gasteiger partial charge in [-0.15, -0.1) is 0 Å². The molecule has 0 amide bonds. The van der Waals surface area contributed by atoms with Gasteiger partial charge in [-0.2, -0.15) is 0 Å². The largest absolute Gasteiger partial charge is 0.384 e. The van der Waals surface area contributed by atoms with Crippen LogP contribution in [0, 0.1) is 5.82 Å².